The highest BCUT2D eigenvalue weighted by atomic mass is 32.1. The van der Waals surface area contributed by atoms with E-state index in [1.807, 2.05) is 31.2 Å². The maximum absolute atomic E-state index is 11.9. The molecule has 0 unspecified atom stereocenters. The fraction of sp³-hybridized carbons (Fsp3) is 0.450. The third-order valence-corrected chi connectivity index (χ3v) is 6.67. The number of hydrogen-bond donors (Lipinski definition) is 2. The number of likely N-dealkylation sites (tertiary alicyclic amines) is 1. The Hall–Kier alpha value is -2.65. The molecular weight excluding hydrogens is 392 g/mol. The van der Waals surface area contributed by atoms with E-state index in [0.717, 1.165) is 42.1 Å². The van der Waals surface area contributed by atoms with Crippen molar-refractivity contribution in [2.45, 2.75) is 25.8 Å². The zero-order chi connectivity index (χ0) is 20.5. The van der Waals surface area contributed by atoms with E-state index in [2.05, 4.69) is 10.1 Å². The van der Waals surface area contributed by atoms with Crippen LogP contribution in [0.25, 0.3) is 4.96 Å². The van der Waals surface area contributed by atoms with Gasteiger partial charge in [-0.1, -0.05) is 11.3 Å². The summed E-state index contributed by atoms with van der Waals surface area (Å²) in [5, 5.41) is 15.2. The SMILES string of the molecule is COC(=O)C1CC[NH+]([C@@H](c2ccc(OC)cc2)c2sc3nc(C)nn3c2O)CC1. The Morgan fingerprint density at radius 3 is 2.55 bits per heavy atom. The Balaban J connectivity index is 1.70. The number of ether oxygens (including phenoxy) is 2. The predicted molar refractivity (Wildman–Crippen MR) is 108 cm³/mol. The van der Waals surface area contributed by atoms with Crippen molar-refractivity contribution in [3.63, 3.8) is 0 Å². The van der Waals surface area contributed by atoms with Crippen molar-refractivity contribution in [3.05, 3.63) is 40.5 Å². The molecule has 4 rings (SSSR count). The van der Waals surface area contributed by atoms with Crippen molar-refractivity contribution in [2.75, 3.05) is 27.3 Å². The third-order valence-electron chi connectivity index (χ3n) is 5.59. The van der Waals surface area contributed by atoms with Crippen LogP contribution in [0.1, 0.15) is 35.1 Å². The van der Waals surface area contributed by atoms with Gasteiger partial charge >= 0.3 is 5.97 Å². The zero-order valence-electron chi connectivity index (χ0n) is 16.7. The van der Waals surface area contributed by atoms with Gasteiger partial charge in [0.2, 0.25) is 10.8 Å². The maximum atomic E-state index is 11.9. The molecule has 0 radical (unpaired) electrons. The van der Waals surface area contributed by atoms with Crippen LogP contribution in [0.5, 0.6) is 11.6 Å². The highest BCUT2D eigenvalue weighted by Gasteiger charge is 2.37. The normalized spacial score (nSPS) is 20.5. The average molecular weight is 418 g/mol. The lowest BCUT2D eigenvalue weighted by molar-refractivity contribution is -0.930. The molecule has 0 amide bonds. The highest BCUT2D eigenvalue weighted by molar-refractivity contribution is 7.17. The number of carbonyl (C=O) groups is 1. The number of nitrogens with zero attached hydrogens (tertiary/aromatic N) is 3. The standard InChI is InChI=1S/C20H24N4O4S/c1-12-21-20-24(22-12)18(25)17(29-20)16(13-4-6-15(27-2)7-5-13)23-10-8-14(9-11-23)19(26)28-3/h4-7,14,16,25H,8-11H2,1-3H3/p+1/t16-/m0/s1. The summed E-state index contributed by atoms with van der Waals surface area (Å²) >= 11 is 1.46. The highest BCUT2D eigenvalue weighted by Crippen LogP contribution is 2.35. The summed E-state index contributed by atoms with van der Waals surface area (Å²) < 4.78 is 11.7. The molecule has 3 heterocycles. The molecule has 3 aromatic rings. The molecule has 1 aliphatic heterocycles. The molecule has 8 nitrogen and oxygen atoms in total. The third kappa shape index (κ3) is 3.67. The number of carbonyl (C=O) groups excluding carboxylic acids is 1. The molecule has 154 valence electrons. The maximum Gasteiger partial charge on any atom is 0.309 e. The fourth-order valence-corrected chi connectivity index (χ4v) is 5.27. The van der Waals surface area contributed by atoms with E-state index in [4.69, 9.17) is 9.47 Å². The van der Waals surface area contributed by atoms with Crippen molar-refractivity contribution in [3.8, 4) is 11.6 Å². The Kier molecular flexibility index (Phi) is 5.42. The monoisotopic (exact) mass is 417 g/mol. The smallest absolute Gasteiger partial charge is 0.309 e. The van der Waals surface area contributed by atoms with Crippen LogP contribution in [0.3, 0.4) is 0 Å². The Bertz CT molecular complexity index is 1010. The van der Waals surface area contributed by atoms with Crippen molar-refractivity contribution in [1.82, 2.24) is 14.6 Å². The van der Waals surface area contributed by atoms with Crippen molar-refractivity contribution in [1.29, 1.82) is 0 Å². The summed E-state index contributed by atoms with van der Waals surface area (Å²) in [6.45, 7) is 3.42. The number of aryl methyl sites for hydroxylation is 1. The number of fused-ring (bicyclic) bond motifs is 1. The number of piperidine rings is 1. The molecule has 9 heteroatoms. The van der Waals surface area contributed by atoms with Gasteiger partial charge in [0.15, 0.2) is 6.04 Å². The second kappa shape index (κ2) is 8.00. The van der Waals surface area contributed by atoms with Gasteiger partial charge in [0, 0.05) is 18.4 Å². The van der Waals surface area contributed by atoms with E-state index in [1.165, 1.54) is 27.9 Å². The van der Waals surface area contributed by atoms with E-state index in [0.29, 0.717) is 10.8 Å². The van der Waals surface area contributed by atoms with Crippen LogP contribution < -0.4 is 9.64 Å². The summed E-state index contributed by atoms with van der Waals surface area (Å²) in [7, 11) is 3.08. The molecule has 2 aromatic heterocycles. The quantitative estimate of drug-likeness (QED) is 0.610. The number of rotatable bonds is 5. The lowest BCUT2D eigenvalue weighted by Gasteiger charge is -2.33. The van der Waals surface area contributed by atoms with Gasteiger partial charge < -0.3 is 19.5 Å². The van der Waals surface area contributed by atoms with E-state index in [-0.39, 0.29) is 23.8 Å². The first-order valence-corrected chi connectivity index (χ1v) is 10.4. The minimum Gasteiger partial charge on any atom is -0.497 e. The van der Waals surface area contributed by atoms with Crippen molar-refractivity contribution in [2.24, 2.45) is 5.92 Å². The predicted octanol–water partition coefficient (Wildman–Crippen LogP) is 1.37. The van der Waals surface area contributed by atoms with E-state index >= 15 is 0 Å². The van der Waals surface area contributed by atoms with Gasteiger partial charge in [0.25, 0.3) is 0 Å². The first-order valence-electron chi connectivity index (χ1n) is 9.63. The van der Waals surface area contributed by atoms with Crippen LogP contribution >= 0.6 is 11.3 Å². The van der Waals surface area contributed by atoms with Crippen LogP contribution in [-0.2, 0) is 9.53 Å². The number of aromatic hydroxyl groups is 1. The lowest BCUT2D eigenvalue weighted by Crippen LogP contribution is -3.13. The molecule has 29 heavy (non-hydrogen) atoms. The van der Waals surface area contributed by atoms with Crippen LogP contribution in [0.15, 0.2) is 24.3 Å². The van der Waals surface area contributed by atoms with E-state index in [1.54, 1.807) is 7.11 Å². The number of methoxy groups -OCH3 is 2. The number of nitrogens with one attached hydrogen (secondary N) is 1. The first-order chi connectivity index (χ1) is 14.0. The summed E-state index contributed by atoms with van der Waals surface area (Å²) in [6, 6.07) is 7.85. The number of quaternary nitrogens is 1. The van der Waals surface area contributed by atoms with Gasteiger partial charge in [-0.15, -0.1) is 5.10 Å². The van der Waals surface area contributed by atoms with Gasteiger partial charge in [-0.05, 0) is 31.2 Å². The molecule has 1 fully saturated rings. The van der Waals surface area contributed by atoms with Crippen LogP contribution in [0.2, 0.25) is 0 Å². The molecule has 0 aliphatic carbocycles. The molecular formula is C20H25N4O4S+. The van der Waals surface area contributed by atoms with E-state index in [9.17, 15) is 9.90 Å². The molecule has 2 N–H and O–H groups in total. The Labute approximate surface area is 172 Å². The van der Waals surface area contributed by atoms with Crippen LogP contribution in [-0.4, -0.2) is 53.0 Å². The average Bonchev–Trinajstić information content (AvgIpc) is 3.26. The van der Waals surface area contributed by atoms with Crippen LogP contribution in [0, 0.1) is 12.8 Å². The fourth-order valence-electron chi connectivity index (χ4n) is 4.08. The zero-order valence-corrected chi connectivity index (χ0v) is 17.5. The molecule has 1 aliphatic rings. The van der Waals surface area contributed by atoms with E-state index < -0.39 is 0 Å². The number of benzene rings is 1. The minimum absolute atomic E-state index is 0.0566. The molecule has 1 saturated heterocycles. The molecule has 1 aromatic carbocycles. The first kappa shape index (κ1) is 19.7. The van der Waals surface area contributed by atoms with Crippen molar-refractivity contribution < 1.29 is 24.3 Å². The summed E-state index contributed by atoms with van der Waals surface area (Å²) in [6.07, 6.45) is 1.52. The van der Waals surface area contributed by atoms with Gasteiger partial charge in [-0.2, -0.15) is 4.52 Å². The second-order valence-corrected chi connectivity index (χ2v) is 8.31. The van der Waals surface area contributed by atoms with Crippen LogP contribution in [0.4, 0.5) is 0 Å². The second-order valence-electron chi connectivity index (χ2n) is 7.31. The summed E-state index contributed by atoms with van der Waals surface area (Å²) in [5.74, 6) is 1.36. The van der Waals surface area contributed by atoms with Gasteiger partial charge in [0.05, 0.1) is 33.2 Å². The largest absolute Gasteiger partial charge is 0.497 e. The minimum atomic E-state index is -0.137. The van der Waals surface area contributed by atoms with Gasteiger partial charge in [-0.3, -0.25) is 4.79 Å². The number of hydrogen-bond acceptors (Lipinski definition) is 7. The topological polar surface area (TPSA) is 90.4 Å². The lowest BCUT2D eigenvalue weighted by atomic mass is 9.93. The Morgan fingerprint density at radius 1 is 1.28 bits per heavy atom. The molecule has 0 bridgehead atoms. The van der Waals surface area contributed by atoms with Gasteiger partial charge in [0.1, 0.15) is 16.5 Å². The molecule has 0 saturated carbocycles. The molecule has 1 atom stereocenters. The van der Waals surface area contributed by atoms with Gasteiger partial charge in [-0.25, -0.2) is 4.98 Å². The summed E-state index contributed by atoms with van der Waals surface area (Å²) in [4.78, 5) is 19.1. The number of thiazole rings is 1. The Morgan fingerprint density at radius 2 is 1.97 bits per heavy atom. The number of aromatic nitrogens is 3. The molecule has 0 spiro atoms. The number of esters is 1. The van der Waals surface area contributed by atoms with Crippen molar-refractivity contribution >= 4 is 22.3 Å². The summed E-state index contributed by atoms with van der Waals surface area (Å²) in [5.41, 5.74) is 1.08.